The Morgan fingerprint density at radius 1 is 0.870 bits per heavy atom. The highest BCUT2D eigenvalue weighted by Gasteiger charge is 2.19. The van der Waals surface area contributed by atoms with E-state index < -0.39 is 0 Å². The van der Waals surface area contributed by atoms with Crippen LogP contribution in [0.15, 0.2) is 48.5 Å². The number of hydrogen-bond donors (Lipinski definition) is 1. The molecule has 0 aromatic heterocycles. The van der Waals surface area contributed by atoms with Crippen LogP contribution in [0.25, 0.3) is 0 Å². The number of hydrogen-bond acceptors (Lipinski definition) is 1. The summed E-state index contributed by atoms with van der Waals surface area (Å²) in [4.78, 5) is 0. The lowest BCUT2D eigenvalue weighted by Gasteiger charge is -2.26. The summed E-state index contributed by atoms with van der Waals surface area (Å²) in [6.07, 6.45) is 9.25. The van der Waals surface area contributed by atoms with Gasteiger partial charge in [0.15, 0.2) is 0 Å². The SMILES string of the molecule is c1cc(CNC2CCc3ccccc3C2)cc(CC2CCC2)c1. The van der Waals surface area contributed by atoms with Gasteiger partial charge in [0, 0.05) is 12.6 Å². The third-order valence-electron chi connectivity index (χ3n) is 5.68. The van der Waals surface area contributed by atoms with Crippen molar-refractivity contribution in [3.63, 3.8) is 0 Å². The molecule has 0 radical (unpaired) electrons. The van der Waals surface area contributed by atoms with Crippen LogP contribution in [0.5, 0.6) is 0 Å². The molecule has 1 nitrogen and oxygen atoms in total. The summed E-state index contributed by atoms with van der Waals surface area (Å²) in [6.45, 7) is 1.01. The van der Waals surface area contributed by atoms with E-state index in [1.807, 2.05) is 0 Å². The van der Waals surface area contributed by atoms with E-state index in [4.69, 9.17) is 0 Å². The molecule has 1 atom stereocenters. The van der Waals surface area contributed by atoms with E-state index in [2.05, 4.69) is 53.8 Å². The molecule has 2 aliphatic carbocycles. The molecule has 1 N–H and O–H groups in total. The van der Waals surface area contributed by atoms with Crippen LogP contribution in [-0.4, -0.2) is 6.04 Å². The first-order valence-corrected chi connectivity index (χ1v) is 9.25. The van der Waals surface area contributed by atoms with Crippen molar-refractivity contribution in [3.05, 3.63) is 70.8 Å². The topological polar surface area (TPSA) is 12.0 Å². The van der Waals surface area contributed by atoms with Crippen molar-refractivity contribution in [1.29, 1.82) is 0 Å². The number of fused-ring (bicyclic) bond motifs is 1. The second-order valence-corrected chi connectivity index (χ2v) is 7.41. The van der Waals surface area contributed by atoms with Crippen LogP contribution in [0.2, 0.25) is 0 Å². The first-order valence-electron chi connectivity index (χ1n) is 9.25. The van der Waals surface area contributed by atoms with Gasteiger partial charge in [-0.3, -0.25) is 0 Å². The Bertz CT molecular complexity index is 657. The van der Waals surface area contributed by atoms with Gasteiger partial charge >= 0.3 is 0 Å². The van der Waals surface area contributed by atoms with Crippen molar-refractivity contribution in [2.45, 2.75) is 57.5 Å². The Morgan fingerprint density at radius 3 is 2.52 bits per heavy atom. The summed E-state index contributed by atoms with van der Waals surface area (Å²) in [5.41, 5.74) is 6.06. The molecule has 120 valence electrons. The van der Waals surface area contributed by atoms with Crippen molar-refractivity contribution in [2.24, 2.45) is 5.92 Å². The molecule has 0 amide bonds. The predicted molar refractivity (Wildman–Crippen MR) is 96.6 cm³/mol. The molecule has 2 aliphatic rings. The number of aryl methyl sites for hydroxylation is 1. The third-order valence-corrected chi connectivity index (χ3v) is 5.68. The maximum Gasteiger partial charge on any atom is 0.0208 e. The molecule has 1 heteroatoms. The lowest BCUT2D eigenvalue weighted by Crippen LogP contribution is -2.34. The van der Waals surface area contributed by atoms with E-state index in [1.54, 1.807) is 5.56 Å². The molecule has 1 saturated carbocycles. The van der Waals surface area contributed by atoms with Crippen LogP contribution in [-0.2, 0) is 25.8 Å². The maximum absolute atomic E-state index is 3.79. The summed E-state index contributed by atoms with van der Waals surface area (Å²) in [6, 6.07) is 18.8. The van der Waals surface area contributed by atoms with Crippen LogP contribution in [0, 0.1) is 5.92 Å². The minimum atomic E-state index is 0.625. The van der Waals surface area contributed by atoms with Gasteiger partial charge in [0.2, 0.25) is 0 Å². The normalized spacial score (nSPS) is 20.8. The fraction of sp³-hybridized carbons (Fsp3) is 0.455. The van der Waals surface area contributed by atoms with Gasteiger partial charge in [0.1, 0.15) is 0 Å². The molecule has 2 aromatic rings. The smallest absolute Gasteiger partial charge is 0.0208 e. The largest absolute Gasteiger partial charge is 0.310 e. The molecule has 1 unspecified atom stereocenters. The van der Waals surface area contributed by atoms with Crippen molar-refractivity contribution in [3.8, 4) is 0 Å². The third kappa shape index (κ3) is 3.67. The summed E-state index contributed by atoms with van der Waals surface area (Å²) in [5.74, 6) is 0.952. The summed E-state index contributed by atoms with van der Waals surface area (Å²) < 4.78 is 0. The van der Waals surface area contributed by atoms with Crippen molar-refractivity contribution in [1.82, 2.24) is 5.32 Å². The van der Waals surface area contributed by atoms with Gasteiger partial charge in [-0.2, -0.15) is 0 Å². The summed E-state index contributed by atoms with van der Waals surface area (Å²) in [7, 11) is 0. The molecule has 1 fully saturated rings. The fourth-order valence-corrected chi connectivity index (χ4v) is 4.03. The monoisotopic (exact) mass is 305 g/mol. The molecule has 23 heavy (non-hydrogen) atoms. The maximum atomic E-state index is 3.79. The van der Waals surface area contributed by atoms with E-state index in [0.717, 1.165) is 12.5 Å². The average Bonchev–Trinajstić information content (AvgIpc) is 2.57. The minimum absolute atomic E-state index is 0.625. The second-order valence-electron chi connectivity index (χ2n) is 7.41. The van der Waals surface area contributed by atoms with Crippen LogP contribution < -0.4 is 5.32 Å². The summed E-state index contributed by atoms with van der Waals surface area (Å²) >= 11 is 0. The zero-order chi connectivity index (χ0) is 15.5. The van der Waals surface area contributed by atoms with E-state index in [1.165, 1.54) is 61.6 Å². The van der Waals surface area contributed by atoms with Gasteiger partial charge in [0.25, 0.3) is 0 Å². The minimum Gasteiger partial charge on any atom is -0.310 e. The van der Waals surface area contributed by atoms with Crippen LogP contribution >= 0.6 is 0 Å². The Balaban J connectivity index is 1.33. The highest BCUT2D eigenvalue weighted by Crippen LogP contribution is 2.30. The zero-order valence-electron chi connectivity index (χ0n) is 13.9. The van der Waals surface area contributed by atoms with Crippen molar-refractivity contribution >= 4 is 0 Å². The Hall–Kier alpha value is -1.60. The van der Waals surface area contributed by atoms with Gasteiger partial charge in [-0.25, -0.2) is 0 Å². The summed E-state index contributed by atoms with van der Waals surface area (Å²) in [5, 5.41) is 3.79. The molecule has 0 heterocycles. The van der Waals surface area contributed by atoms with Crippen molar-refractivity contribution in [2.75, 3.05) is 0 Å². The van der Waals surface area contributed by atoms with Crippen LogP contribution in [0.4, 0.5) is 0 Å². The standard InChI is InChI=1S/C22H27N/c1-2-10-21-15-22(12-11-20(21)9-1)23-16-19-8-4-7-18(14-19)13-17-5-3-6-17/h1-2,4,7-10,14,17,22-23H,3,5-6,11-13,15-16H2. The van der Waals surface area contributed by atoms with Gasteiger partial charge in [-0.05, 0) is 53.9 Å². The average molecular weight is 305 g/mol. The number of benzene rings is 2. The first kappa shape index (κ1) is 15.0. The second kappa shape index (κ2) is 6.88. The van der Waals surface area contributed by atoms with Crippen molar-refractivity contribution < 1.29 is 0 Å². The molecule has 0 aliphatic heterocycles. The first-order chi connectivity index (χ1) is 11.4. The Morgan fingerprint density at radius 2 is 1.70 bits per heavy atom. The highest BCUT2D eigenvalue weighted by molar-refractivity contribution is 5.30. The lowest BCUT2D eigenvalue weighted by molar-refractivity contribution is 0.314. The molecule has 0 bridgehead atoms. The molecule has 0 spiro atoms. The number of nitrogens with one attached hydrogen (secondary N) is 1. The van der Waals surface area contributed by atoms with Gasteiger partial charge in [-0.1, -0.05) is 67.8 Å². The van der Waals surface area contributed by atoms with E-state index in [-0.39, 0.29) is 0 Å². The van der Waals surface area contributed by atoms with Gasteiger partial charge in [0.05, 0.1) is 0 Å². The fourth-order valence-electron chi connectivity index (χ4n) is 4.03. The van der Waals surface area contributed by atoms with E-state index >= 15 is 0 Å². The molecule has 0 saturated heterocycles. The van der Waals surface area contributed by atoms with Gasteiger partial charge < -0.3 is 5.32 Å². The van der Waals surface area contributed by atoms with E-state index in [0.29, 0.717) is 6.04 Å². The molecular weight excluding hydrogens is 278 g/mol. The quantitative estimate of drug-likeness (QED) is 0.846. The zero-order valence-corrected chi connectivity index (χ0v) is 13.9. The Labute approximate surface area is 140 Å². The van der Waals surface area contributed by atoms with Crippen LogP contribution in [0.1, 0.15) is 47.9 Å². The molecule has 2 aromatic carbocycles. The molecule has 4 rings (SSSR count). The lowest BCUT2D eigenvalue weighted by atomic mass is 9.81. The van der Waals surface area contributed by atoms with Crippen LogP contribution in [0.3, 0.4) is 0 Å². The van der Waals surface area contributed by atoms with E-state index in [9.17, 15) is 0 Å². The van der Waals surface area contributed by atoms with Gasteiger partial charge in [-0.15, -0.1) is 0 Å². The Kier molecular flexibility index (Phi) is 4.48. The predicted octanol–water partition coefficient (Wildman–Crippen LogP) is 4.68. The molecular formula is C22H27N. The number of rotatable bonds is 5. The highest BCUT2D eigenvalue weighted by atomic mass is 14.9.